The summed E-state index contributed by atoms with van der Waals surface area (Å²) in [7, 11) is 0. The van der Waals surface area contributed by atoms with Crippen LogP contribution in [0.25, 0.3) is 0 Å². The Labute approximate surface area is 166 Å². The molecular weight excluding hydrogens is 391 g/mol. The van der Waals surface area contributed by atoms with Crippen molar-refractivity contribution in [2.45, 2.75) is 32.0 Å². The summed E-state index contributed by atoms with van der Waals surface area (Å²) in [6.45, 7) is 3.07. The van der Waals surface area contributed by atoms with E-state index in [-0.39, 0.29) is 17.9 Å². The third-order valence-corrected chi connectivity index (χ3v) is 5.25. The number of aromatic nitrogens is 1. The molecule has 2 heterocycles. The van der Waals surface area contributed by atoms with Gasteiger partial charge < -0.3 is 10.2 Å². The van der Waals surface area contributed by atoms with Gasteiger partial charge in [-0.2, -0.15) is 13.2 Å². The zero-order valence-electron chi connectivity index (χ0n) is 15.3. The van der Waals surface area contributed by atoms with Crippen LogP contribution in [0.2, 0.25) is 5.02 Å². The molecule has 0 aliphatic carbocycles. The summed E-state index contributed by atoms with van der Waals surface area (Å²) in [5.41, 5.74) is 0.214. The highest BCUT2D eigenvalue weighted by Crippen LogP contribution is 2.30. The Morgan fingerprint density at radius 1 is 1.18 bits per heavy atom. The number of alkyl halides is 3. The summed E-state index contributed by atoms with van der Waals surface area (Å²) in [4.78, 5) is 18.4. The van der Waals surface area contributed by atoms with Crippen LogP contribution in [0.4, 0.5) is 19.0 Å². The average molecular weight is 412 g/mol. The van der Waals surface area contributed by atoms with Gasteiger partial charge in [-0.25, -0.2) is 4.98 Å². The first-order chi connectivity index (χ1) is 13.2. The second-order valence-electron chi connectivity index (χ2n) is 6.95. The van der Waals surface area contributed by atoms with E-state index in [9.17, 15) is 18.0 Å². The number of hydrogen-bond acceptors (Lipinski definition) is 3. The first kappa shape index (κ1) is 20.5. The first-order valence-electron chi connectivity index (χ1n) is 9.08. The molecule has 1 aromatic heterocycles. The predicted molar refractivity (Wildman–Crippen MR) is 102 cm³/mol. The van der Waals surface area contributed by atoms with Gasteiger partial charge in [0.1, 0.15) is 5.82 Å². The average Bonchev–Trinajstić information content (AvgIpc) is 2.68. The Balaban J connectivity index is 1.53. The number of halogens is 4. The molecule has 1 fully saturated rings. The highest BCUT2D eigenvalue weighted by Gasteiger charge is 2.31. The lowest BCUT2D eigenvalue weighted by Crippen LogP contribution is -2.41. The van der Waals surface area contributed by atoms with Crippen molar-refractivity contribution in [3.8, 4) is 0 Å². The minimum Gasteiger partial charge on any atom is -0.357 e. The van der Waals surface area contributed by atoms with E-state index in [1.54, 1.807) is 12.1 Å². The van der Waals surface area contributed by atoms with Gasteiger partial charge in [0.25, 0.3) is 0 Å². The van der Waals surface area contributed by atoms with E-state index in [0.29, 0.717) is 36.8 Å². The SMILES string of the molecule is CC(NC(=O)C1CCN(c2ccc(C(F)(F)F)cn2)CC1)c1ccc(Cl)cc1. The van der Waals surface area contributed by atoms with Crippen molar-refractivity contribution in [2.75, 3.05) is 18.0 Å². The summed E-state index contributed by atoms with van der Waals surface area (Å²) in [5, 5.41) is 3.67. The summed E-state index contributed by atoms with van der Waals surface area (Å²) >= 11 is 5.89. The minimum atomic E-state index is -4.39. The molecule has 1 amide bonds. The molecule has 1 atom stereocenters. The first-order valence-corrected chi connectivity index (χ1v) is 9.46. The fourth-order valence-electron chi connectivity index (χ4n) is 3.28. The lowest BCUT2D eigenvalue weighted by molar-refractivity contribution is -0.137. The fraction of sp³-hybridized carbons (Fsp3) is 0.400. The number of nitrogens with zero attached hydrogens (tertiary/aromatic N) is 2. The number of carbonyl (C=O) groups excluding carboxylic acids is 1. The number of anilines is 1. The molecule has 2 aromatic rings. The zero-order chi connectivity index (χ0) is 20.3. The zero-order valence-corrected chi connectivity index (χ0v) is 16.1. The molecule has 1 N–H and O–H groups in total. The number of nitrogens with one attached hydrogen (secondary N) is 1. The normalized spacial score (nSPS) is 16.7. The maximum absolute atomic E-state index is 12.6. The van der Waals surface area contributed by atoms with Crippen LogP contribution >= 0.6 is 11.6 Å². The number of hydrogen-bond donors (Lipinski definition) is 1. The predicted octanol–water partition coefficient (Wildman–Crippen LogP) is 4.85. The molecule has 150 valence electrons. The number of rotatable bonds is 4. The Hall–Kier alpha value is -2.28. The summed E-state index contributed by atoms with van der Waals surface area (Å²) in [5.74, 6) is 0.365. The second-order valence-corrected chi connectivity index (χ2v) is 7.38. The smallest absolute Gasteiger partial charge is 0.357 e. The van der Waals surface area contributed by atoms with Crippen molar-refractivity contribution in [3.05, 3.63) is 58.7 Å². The molecule has 0 bridgehead atoms. The van der Waals surface area contributed by atoms with Crippen LogP contribution in [0, 0.1) is 5.92 Å². The van der Waals surface area contributed by atoms with Crippen LogP contribution < -0.4 is 10.2 Å². The lowest BCUT2D eigenvalue weighted by atomic mass is 9.95. The quantitative estimate of drug-likeness (QED) is 0.782. The Morgan fingerprint density at radius 3 is 2.36 bits per heavy atom. The van der Waals surface area contributed by atoms with Gasteiger partial charge in [0.15, 0.2) is 0 Å². The molecule has 0 radical (unpaired) electrons. The highest BCUT2D eigenvalue weighted by molar-refractivity contribution is 6.30. The minimum absolute atomic E-state index is 0.0116. The molecule has 3 rings (SSSR count). The van der Waals surface area contributed by atoms with Gasteiger partial charge in [0, 0.05) is 30.2 Å². The largest absolute Gasteiger partial charge is 0.417 e. The maximum atomic E-state index is 12.6. The van der Waals surface area contributed by atoms with Crippen LogP contribution in [0.15, 0.2) is 42.6 Å². The van der Waals surface area contributed by atoms with Crippen LogP contribution in [0.1, 0.15) is 36.9 Å². The molecule has 1 aliphatic rings. The second kappa shape index (κ2) is 8.39. The monoisotopic (exact) mass is 411 g/mol. The number of carbonyl (C=O) groups is 1. The van der Waals surface area contributed by atoms with E-state index in [4.69, 9.17) is 11.6 Å². The van der Waals surface area contributed by atoms with Crippen molar-refractivity contribution in [3.63, 3.8) is 0 Å². The third kappa shape index (κ3) is 4.95. The molecule has 0 saturated carbocycles. The maximum Gasteiger partial charge on any atom is 0.417 e. The molecular formula is C20H21ClF3N3O. The van der Waals surface area contributed by atoms with E-state index >= 15 is 0 Å². The van der Waals surface area contributed by atoms with E-state index in [1.807, 2.05) is 24.0 Å². The molecule has 0 spiro atoms. The molecule has 1 aromatic carbocycles. The third-order valence-electron chi connectivity index (χ3n) is 4.99. The molecule has 28 heavy (non-hydrogen) atoms. The van der Waals surface area contributed by atoms with Crippen molar-refractivity contribution in [2.24, 2.45) is 5.92 Å². The number of amides is 1. The van der Waals surface area contributed by atoms with E-state index < -0.39 is 11.7 Å². The van der Waals surface area contributed by atoms with Gasteiger partial charge in [-0.1, -0.05) is 23.7 Å². The van der Waals surface area contributed by atoms with E-state index in [0.717, 1.165) is 17.8 Å². The fourth-order valence-corrected chi connectivity index (χ4v) is 3.40. The van der Waals surface area contributed by atoms with Crippen LogP contribution in [0.3, 0.4) is 0 Å². The number of pyridine rings is 1. The molecule has 1 aliphatic heterocycles. The van der Waals surface area contributed by atoms with Gasteiger partial charge in [-0.05, 0) is 49.6 Å². The molecule has 1 saturated heterocycles. The number of piperidine rings is 1. The molecule has 8 heteroatoms. The van der Waals surface area contributed by atoms with Crippen molar-refractivity contribution in [1.82, 2.24) is 10.3 Å². The topological polar surface area (TPSA) is 45.2 Å². The van der Waals surface area contributed by atoms with Gasteiger partial charge in [-0.3, -0.25) is 4.79 Å². The summed E-state index contributed by atoms with van der Waals surface area (Å²) in [6, 6.07) is 9.63. The number of benzene rings is 1. The van der Waals surface area contributed by atoms with Gasteiger partial charge in [0.2, 0.25) is 5.91 Å². The summed E-state index contributed by atoms with van der Waals surface area (Å²) < 4.78 is 37.9. The Morgan fingerprint density at radius 2 is 1.82 bits per heavy atom. The van der Waals surface area contributed by atoms with Gasteiger partial charge in [-0.15, -0.1) is 0 Å². The van der Waals surface area contributed by atoms with Crippen molar-refractivity contribution < 1.29 is 18.0 Å². The standard InChI is InChI=1S/C20H21ClF3N3O/c1-13(14-2-5-17(21)6-3-14)26-19(28)15-8-10-27(11-9-15)18-7-4-16(12-25-18)20(22,23)24/h2-7,12-13,15H,8-11H2,1H3,(H,26,28). The van der Waals surface area contributed by atoms with Crippen molar-refractivity contribution >= 4 is 23.3 Å². The molecule has 4 nitrogen and oxygen atoms in total. The summed E-state index contributed by atoms with van der Waals surface area (Å²) in [6.07, 6.45) is -2.29. The van der Waals surface area contributed by atoms with Crippen LogP contribution in [0.5, 0.6) is 0 Å². The van der Waals surface area contributed by atoms with E-state index in [2.05, 4.69) is 10.3 Å². The van der Waals surface area contributed by atoms with E-state index in [1.165, 1.54) is 6.07 Å². The lowest BCUT2D eigenvalue weighted by Gasteiger charge is -2.32. The van der Waals surface area contributed by atoms with Gasteiger partial charge >= 0.3 is 6.18 Å². The van der Waals surface area contributed by atoms with Crippen molar-refractivity contribution in [1.29, 1.82) is 0 Å². The van der Waals surface area contributed by atoms with Crippen LogP contribution in [-0.4, -0.2) is 24.0 Å². The highest BCUT2D eigenvalue weighted by atomic mass is 35.5. The molecule has 1 unspecified atom stereocenters. The Kier molecular flexibility index (Phi) is 6.13. The van der Waals surface area contributed by atoms with Gasteiger partial charge in [0.05, 0.1) is 11.6 Å². The Bertz CT molecular complexity index is 801. The van der Waals surface area contributed by atoms with Crippen LogP contribution in [-0.2, 0) is 11.0 Å².